The zero-order valence-electron chi connectivity index (χ0n) is 15.2. The van der Waals surface area contributed by atoms with Crippen LogP contribution < -0.4 is 0 Å². The summed E-state index contributed by atoms with van der Waals surface area (Å²) in [5, 5.41) is 21.8. The van der Waals surface area contributed by atoms with E-state index in [9.17, 15) is 5.11 Å². The van der Waals surface area contributed by atoms with Gasteiger partial charge in [0.1, 0.15) is 0 Å². The molecular weight excluding hydrogens is 306 g/mol. The van der Waals surface area contributed by atoms with Crippen LogP contribution in [0.2, 0.25) is 0 Å². The van der Waals surface area contributed by atoms with Crippen LogP contribution >= 0.6 is 11.8 Å². The Morgan fingerprint density at radius 3 is 2.61 bits per heavy atom. The lowest BCUT2D eigenvalue weighted by atomic mass is 9.55. The van der Waals surface area contributed by atoms with Crippen molar-refractivity contribution in [2.75, 3.05) is 12.0 Å². The molecule has 1 aromatic rings. The number of aromatic amines is 1. The van der Waals surface area contributed by atoms with Gasteiger partial charge in [-0.3, -0.25) is 5.10 Å². The maximum Gasteiger partial charge on any atom is 0.0850 e. The Morgan fingerprint density at radius 2 is 2.13 bits per heavy atom. The highest BCUT2D eigenvalue weighted by Crippen LogP contribution is 2.55. The van der Waals surface area contributed by atoms with Crippen molar-refractivity contribution < 1.29 is 5.11 Å². The Labute approximate surface area is 145 Å². The van der Waals surface area contributed by atoms with Gasteiger partial charge in [0.05, 0.1) is 11.8 Å². The summed E-state index contributed by atoms with van der Waals surface area (Å²) in [7, 11) is 0. The van der Waals surface area contributed by atoms with Crippen LogP contribution in [0.5, 0.6) is 0 Å². The van der Waals surface area contributed by atoms with Crippen LogP contribution in [0.15, 0.2) is 6.20 Å². The Kier molecular flexibility index (Phi) is 6.17. The van der Waals surface area contributed by atoms with Crippen LogP contribution in [0.4, 0.5) is 0 Å². The third-order valence-corrected chi connectivity index (χ3v) is 6.75. The van der Waals surface area contributed by atoms with Gasteiger partial charge in [-0.2, -0.15) is 11.8 Å². The first kappa shape index (κ1) is 18.8. The van der Waals surface area contributed by atoms with Crippen LogP contribution in [0.25, 0.3) is 0 Å². The van der Waals surface area contributed by atoms with Gasteiger partial charge in [0.25, 0.3) is 0 Å². The van der Waals surface area contributed by atoms with Crippen molar-refractivity contribution in [1.29, 1.82) is 0 Å². The van der Waals surface area contributed by atoms with Crippen LogP contribution in [-0.2, 0) is 6.42 Å². The predicted octanol–water partition coefficient (Wildman–Crippen LogP) is 3.89. The van der Waals surface area contributed by atoms with Gasteiger partial charge in [-0.25, -0.2) is 0 Å². The molecule has 0 aliphatic heterocycles. The molecule has 1 saturated carbocycles. The van der Waals surface area contributed by atoms with Gasteiger partial charge in [-0.05, 0) is 35.7 Å². The van der Waals surface area contributed by atoms with Gasteiger partial charge in [0.2, 0.25) is 0 Å². The average molecular weight is 339 g/mol. The summed E-state index contributed by atoms with van der Waals surface area (Å²) in [5.41, 5.74) is 0.660. The van der Waals surface area contributed by atoms with Crippen molar-refractivity contribution >= 4 is 11.8 Å². The molecule has 0 spiro atoms. The highest BCUT2D eigenvalue weighted by atomic mass is 32.2. The molecule has 1 fully saturated rings. The van der Waals surface area contributed by atoms with Crippen molar-refractivity contribution in [2.24, 2.45) is 16.7 Å². The first-order valence-electron chi connectivity index (χ1n) is 8.72. The number of rotatable bonds is 10. The summed E-state index contributed by atoms with van der Waals surface area (Å²) in [4.78, 5) is 0. The third kappa shape index (κ3) is 4.11. The molecule has 23 heavy (non-hydrogen) atoms. The van der Waals surface area contributed by atoms with Gasteiger partial charge in [0.15, 0.2) is 0 Å². The van der Waals surface area contributed by atoms with Gasteiger partial charge < -0.3 is 5.11 Å². The van der Waals surface area contributed by atoms with Crippen LogP contribution in [0, 0.1) is 22.7 Å². The number of H-pyrrole nitrogens is 1. The van der Waals surface area contributed by atoms with Gasteiger partial charge in [0, 0.05) is 18.0 Å². The second-order valence-corrected chi connectivity index (χ2v) is 8.67. The largest absolute Gasteiger partial charge is 0.392 e. The van der Waals surface area contributed by atoms with E-state index in [-0.39, 0.29) is 10.8 Å². The van der Waals surface area contributed by atoms with Crippen LogP contribution in [-0.4, -0.2) is 38.6 Å². The van der Waals surface area contributed by atoms with E-state index in [2.05, 4.69) is 49.4 Å². The second kappa shape index (κ2) is 7.56. The summed E-state index contributed by atoms with van der Waals surface area (Å²) in [5.74, 6) is 3.39. The van der Waals surface area contributed by atoms with E-state index in [4.69, 9.17) is 0 Å². The monoisotopic (exact) mass is 338 g/mol. The van der Waals surface area contributed by atoms with E-state index in [0.717, 1.165) is 30.2 Å². The average Bonchev–Trinajstić information content (AvgIpc) is 3.19. The summed E-state index contributed by atoms with van der Waals surface area (Å²) >= 11 is 1.88. The number of thioether (sulfide) groups is 1. The summed E-state index contributed by atoms with van der Waals surface area (Å²) in [6.07, 6.45) is 8.97. The molecule has 2 rings (SSSR count). The van der Waals surface area contributed by atoms with E-state index in [0.29, 0.717) is 6.42 Å². The minimum Gasteiger partial charge on any atom is -0.392 e. The molecular formula is C18H32N3OS. The summed E-state index contributed by atoms with van der Waals surface area (Å²) in [6, 6.07) is 0. The first-order chi connectivity index (χ1) is 10.8. The molecule has 1 aromatic heterocycles. The van der Waals surface area contributed by atoms with Crippen LogP contribution in [0.1, 0.15) is 59.1 Å². The predicted molar refractivity (Wildman–Crippen MR) is 97.2 cm³/mol. The number of hydrogen-bond acceptors (Lipinski definition) is 4. The van der Waals surface area contributed by atoms with Crippen molar-refractivity contribution in [3.05, 3.63) is 17.8 Å². The van der Waals surface area contributed by atoms with Crippen molar-refractivity contribution in [3.8, 4) is 0 Å². The molecule has 0 bridgehead atoms. The maximum absolute atomic E-state index is 11.2. The molecule has 0 saturated heterocycles. The zero-order chi connectivity index (χ0) is 17.1. The van der Waals surface area contributed by atoms with E-state index < -0.39 is 6.10 Å². The molecule has 2 N–H and O–H groups in total. The number of aromatic nitrogens is 3. The topological polar surface area (TPSA) is 61.8 Å². The summed E-state index contributed by atoms with van der Waals surface area (Å²) < 4.78 is 0. The van der Waals surface area contributed by atoms with Crippen molar-refractivity contribution in [2.45, 2.75) is 65.9 Å². The molecule has 131 valence electrons. The van der Waals surface area contributed by atoms with Gasteiger partial charge >= 0.3 is 0 Å². The van der Waals surface area contributed by atoms with Crippen LogP contribution in [0.3, 0.4) is 0 Å². The lowest BCUT2D eigenvalue weighted by Crippen LogP contribution is -2.51. The van der Waals surface area contributed by atoms with Crippen molar-refractivity contribution in [1.82, 2.24) is 15.4 Å². The van der Waals surface area contributed by atoms with E-state index in [1.807, 2.05) is 11.8 Å². The molecule has 1 aliphatic carbocycles. The Morgan fingerprint density at radius 1 is 1.43 bits per heavy atom. The number of nitrogens with one attached hydrogen (secondary N) is 1. The molecule has 1 aliphatic rings. The van der Waals surface area contributed by atoms with Gasteiger partial charge in [-0.1, -0.05) is 52.2 Å². The highest BCUT2D eigenvalue weighted by molar-refractivity contribution is 7.98. The number of aliphatic hydroxyl groups excluding tert-OH is 1. The zero-order valence-corrected chi connectivity index (χ0v) is 16.0. The SMILES string of the molecule is CCC(C)(C)C(C)([C](CSC)CC1CC1)C(O)Cc1c[nH]nn1. The standard InChI is InChI=1S/C18H32N3OS/c1-6-17(2,3)18(4,14(12-23-5)9-13-7-8-13)16(22)10-15-11-19-21-20-15/h11,13,16,22H,6-10,12H2,1-5H3,(H,19,20,21). The Bertz CT molecular complexity index is 473. The molecule has 2 atom stereocenters. The fourth-order valence-corrected chi connectivity index (χ4v) is 4.29. The smallest absolute Gasteiger partial charge is 0.0850 e. The Balaban J connectivity index is 2.28. The molecule has 1 radical (unpaired) electrons. The fraction of sp³-hybridized carbons (Fsp3) is 0.833. The lowest BCUT2D eigenvalue weighted by Gasteiger charge is -2.52. The minimum absolute atomic E-state index is 0.0378. The van der Waals surface area contributed by atoms with Crippen molar-refractivity contribution in [3.63, 3.8) is 0 Å². The Hall–Kier alpha value is -0.550. The highest BCUT2D eigenvalue weighted by Gasteiger charge is 2.51. The number of aliphatic hydroxyl groups is 1. The first-order valence-corrected chi connectivity index (χ1v) is 10.1. The minimum atomic E-state index is -0.441. The van der Waals surface area contributed by atoms with Gasteiger partial charge in [-0.15, -0.1) is 5.10 Å². The van der Waals surface area contributed by atoms with E-state index in [1.54, 1.807) is 6.20 Å². The number of hydrogen-bond donors (Lipinski definition) is 2. The van der Waals surface area contributed by atoms with E-state index >= 15 is 0 Å². The second-order valence-electron chi connectivity index (χ2n) is 7.81. The normalized spacial score (nSPS) is 19.8. The fourth-order valence-electron chi connectivity index (χ4n) is 3.53. The van der Waals surface area contributed by atoms with E-state index in [1.165, 1.54) is 18.8 Å². The maximum atomic E-state index is 11.2. The molecule has 2 unspecified atom stereocenters. The lowest BCUT2D eigenvalue weighted by molar-refractivity contribution is -0.0426. The molecule has 5 heteroatoms. The molecule has 4 nitrogen and oxygen atoms in total. The summed E-state index contributed by atoms with van der Waals surface area (Å²) in [6.45, 7) is 9.10. The third-order valence-electron chi connectivity index (χ3n) is 6.11. The molecule has 1 heterocycles. The quantitative estimate of drug-likeness (QED) is 0.679. The number of nitrogens with zero attached hydrogens (tertiary/aromatic N) is 2. The molecule has 0 aromatic carbocycles. The molecule has 0 amide bonds.